The van der Waals surface area contributed by atoms with Gasteiger partial charge in [0.15, 0.2) is 5.69 Å². The van der Waals surface area contributed by atoms with Crippen LogP contribution in [0.1, 0.15) is 45.6 Å². The van der Waals surface area contributed by atoms with E-state index in [0.717, 1.165) is 23.2 Å². The second kappa shape index (κ2) is 7.39. The van der Waals surface area contributed by atoms with E-state index in [2.05, 4.69) is 15.6 Å². The van der Waals surface area contributed by atoms with E-state index in [4.69, 9.17) is 0 Å². The summed E-state index contributed by atoms with van der Waals surface area (Å²) >= 11 is 0. The van der Waals surface area contributed by atoms with E-state index in [0.29, 0.717) is 12.1 Å². The molecule has 3 aromatic rings. The van der Waals surface area contributed by atoms with Crippen molar-refractivity contribution in [2.45, 2.75) is 27.2 Å². The van der Waals surface area contributed by atoms with Crippen LogP contribution in [0.4, 0.5) is 5.69 Å². The van der Waals surface area contributed by atoms with Gasteiger partial charge in [0.1, 0.15) is 0 Å². The average molecular weight is 350 g/mol. The lowest BCUT2D eigenvalue weighted by Gasteiger charge is -2.08. The summed E-state index contributed by atoms with van der Waals surface area (Å²) in [7, 11) is 0. The summed E-state index contributed by atoms with van der Waals surface area (Å²) in [6.07, 6.45) is 2.56. The first-order valence-corrected chi connectivity index (χ1v) is 8.65. The molecule has 0 bridgehead atoms. The molecule has 6 heteroatoms. The van der Waals surface area contributed by atoms with Crippen molar-refractivity contribution in [3.05, 3.63) is 65.2 Å². The Morgan fingerprint density at radius 1 is 1.12 bits per heavy atom. The molecular weight excluding hydrogens is 328 g/mol. The zero-order valence-corrected chi connectivity index (χ0v) is 15.2. The van der Waals surface area contributed by atoms with Crippen molar-refractivity contribution < 1.29 is 9.59 Å². The molecule has 26 heavy (non-hydrogen) atoms. The van der Waals surface area contributed by atoms with Crippen LogP contribution < -0.4 is 10.6 Å². The zero-order valence-electron chi connectivity index (χ0n) is 15.2. The predicted octanol–water partition coefficient (Wildman–Crippen LogP) is 3.34. The molecule has 0 atom stereocenters. The molecule has 1 aromatic carbocycles. The Morgan fingerprint density at radius 2 is 1.92 bits per heavy atom. The van der Waals surface area contributed by atoms with Crippen LogP contribution in [0.2, 0.25) is 0 Å². The van der Waals surface area contributed by atoms with Crippen molar-refractivity contribution in [2.75, 3.05) is 11.9 Å². The molecule has 0 saturated carbocycles. The van der Waals surface area contributed by atoms with Crippen LogP contribution in [0.15, 0.2) is 42.6 Å². The molecule has 0 aliphatic heterocycles. The summed E-state index contributed by atoms with van der Waals surface area (Å²) in [6.45, 7) is 6.48. The molecule has 0 radical (unpaired) electrons. The van der Waals surface area contributed by atoms with Crippen molar-refractivity contribution in [2.24, 2.45) is 0 Å². The van der Waals surface area contributed by atoms with Crippen LogP contribution in [-0.2, 0) is 0 Å². The molecule has 2 N–H and O–H groups in total. The van der Waals surface area contributed by atoms with E-state index in [1.165, 1.54) is 0 Å². The number of pyridine rings is 1. The minimum Gasteiger partial charge on any atom is -0.349 e. The Morgan fingerprint density at radius 3 is 2.65 bits per heavy atom. The molecule has 2 heterocycles. The number of aryl methyl sites for hydroxylation is 2. The minimum atomic E-state index is -0.338. The lowest BCUT2D eigenvalue weighted by Crippen LogP contribution is -2.26. The summed E-state index contributed by atoms with van der Waals surface area (Å²) < 4.78 is 1.64. The number of nitrogens with one attached hydrogen (secondary N) is 2. The number of hydrogen-bond acceptors (Lipinski definition) is 3. The first kappa shape index (κ1) is 17.7. The van der Waals surface area contributed by atoms with E-state index in [-0.39, 0.29) is 23.3 Å². The maximum Gasteiger partial charge on any atom is 0.287 e. The van der Waals surface area contributed by atoms with Crippen LogP contribution >= 0.6 is 0 Å². The second-order valence-corrected chi connectivity index (χ2v) is 6.27. The number of anilines is 1. The first-order valence-electron chi connectivity index (χ1n) is 8.65. The van der Waals surface area contributed by atoms with Gasteiger partial charge in [-0.15, -0.1) is 0 Å². The monoisotopic (exact) mass is 350 g/mol. The summed E-state index contributed by atoms with van der Waals surface area (Å²) in [5.74, 6) is -0.423. The van der Waals surface area contributed by atoms with Crippen LogP contribution in [0.5, 0.6) is 0 Å². The Hall–Kier alpha value is -3.15. The fourth-order valence-corrected chi connectivity index (χ4v) is 2.82. The predicted molar refractivity (Wildman–Crippen MR) is 102 cm³/mol. The quantitative estimate of drug-likeness (QED) is 0.741. The van der Waals surface area contributed by atoms with Crippen molar-refractivity contribution in [3.63, 3.8) is 0 Å². The molecule has 0 aliphatic carbocycles. The lowest BCUT2D eigenvalue weighted by atomic mass is 10.1. The van der Waals surface area contributed by atoms with Crippen LogP contribution in [-0.4, -0.2) is 27.7 Å². The molecule has 0 fully saturated rings. The fourth-order valence-electron chi connectivity index (χ4n) is 2.82. The molecule has 0 saturated heterocycles. The number of benzene rings is 1. The van der Waals surface area contributed by atoms with E-state index in [1.54, 1.807) is 22.7 Å². The fraction of sp³-hybridized carbons (Fsp3) is 0.250. The number of imidazole rings is 1. The molecule has 0 spiro atoms. The number of amides is 2. The SMILES string of the molecule is CCCNC(=O)c1nc(C(=O)Nc2ccc(C)cc2C)c2ccccn12. The van der Waals surface area contributed by atoms with E-state index in [1.807, 2.05) is 45.0 Å². The van der Waals surface area contributed by atoms with Crippen LogP contribution in [0, 0.1) is 13.8 Å². The Labute approximate surface area is 152 Å². The second-order valence-electron chi connectivity index (χ2n) is 6.27. The average Bonchev–Trinajstić information content (AvgIpc) is 3.02. The van der Waals surface area contributed by atoms with Gasteiger partial charge >= 0.3 is 0 Å². The third-order valence-electron chi connectivity index (χ3n) is 4.13. The van der Waals surface area contributed by atoms with Gasteiger partial charge in [0, 0.05) is 18.4 Å². The number of nitrogens with zero attached hydrogens (tertiary/aromatic N) is 2. The number of rotatable bonds is 5. The molecule has 6 nitrogen and oxygen atoms in total. The van der Waals surface area contributed by atoms with Gasteiger partial charge in [-0.1, -0.05) is 30.7 Å². The Kier molecular flexibility index (Phi) is 5.02. The molecule has 2 aromatic heterocycles. The van der Waals surface area contributed by atoms with Crippen molar-refractivity contribution >= 4 is 23.0 Å². The Balaban J connectivity index is 1.96. The summed E-state index contributed by atoms with van der Waals surface area (Å²) in [6, 6.07) is 11.2. The van der Waals surface area contributed by atoms with Gasteiger partial charge in [-0.2, -0.15) is 0 Å². The third-order valence-corrected chi connectivity index (χ3v) is 4.13. The number of aromatic nitrogens is 2. The topological polar surface area (TPSA) is 75.5 Å². The maximum atomic E-state index is 12.8. The van der Waals surface area contributed by atoms with Gasteiger partial charge in [-0.3, -0.25) is 14.0 Å². The molecule has 134 valence electrons. The summed E-state index contributed by atoms with van der Waals surface area (Å²) in [4.78, 5) is 29.5. The number of carbonyl (C=O) groups excluding carboxylic acids is 2. The lowest BCUT2D eigenvalue weighted by molar-refractivity contribution is 0.0942. The van der Waals surface area contributed by atoms with E-state index in [9.17, 15) is 9.59 Å². The largest absolute Gasteiger partial charge is 0.349 e. The first-order chi connectivity index (χ1) is 12.5. The minimum absolute atomic E-state index is 0.208. The highest BCUT2D eigenvalue weighted by Crippen LogP contribution is 2.19. The molecule has 3 rings (SSSR count). The van der Waals surface area contributed by atoms with Gasteiger partial charge in [-0.05, 0) is 44.0 Å². The van der Waals surface area contributed by atoms with Crippen molar-refractivity contribution in [1.29, 1.82) is 0 Å². The normalized spacial score (nSPS) is 10.7. The van der Waals surface area contributed by atoms with E-state index >= 15 is 0 Å². The molecular formula is C20H22N4O2. The highest BCUT2D eigenvalue weighted by Gasteiger charge is 2.21. The molecule has 2 amide bonds. The van der Waals surface area contributed by atoms with Gasteiger partial charge in [0.25, 0.3) is 11.8 Å². The maximum absolute atomic E-state index is 12.8. The zero-order chi connectivity index (χ0) is 18.7. The summed E-state index contributed by atoms with van der Waals surface area (Å²) in [5, 5.41) is 5.70. The molecule has 0 unspecified atom stereocenters. The highest BCUT2D eigenvalue weighted by molar-refractivity contribution is 6.09. The van der Waals surface area contributed by atoms with Gasteiger partial charge in [0.2, 0.25) is 5.82 Å². The highest BCUT2D eigenvalue weighted by atomic mass is 16.2. The van der Waals surface area contributed by atoms with Gasteiger partial charge < -0.3 is 10.6 Å². The van der Waals surface area contributed by atoms with Crippen LogP contribution in [0.3, 0.4) is 0 Å². The van der Waals surface area contributed by atoms with Gasteiger partial charge in [-0.25, -0.2) is 4.98 Å². The summed E-state index contributed by atoms with van der Waals surface area (Å²) in [5.41, 5.74) is 3.66. The number of carbonyl (C=O) groups is 2. The van der Waals surface area contributed by atoms with Gasteiger partial charge in [0.05, 0.1) is 5.52 Å². The van der Waals surface area contributed by atoms with Crippen molar-refractivity contribution in [3.8, 4) is 0 Å². The van der Waals surface area contributed by atoms with E-state index < -0.39 is 0 Å². The number of hydrogen-bond donors (Lipinski definition) is 2. The molecule has 0 aliphatic rings. The third kappa shape index (κ3) is 3.44. The van der Waals surface area contributed by atoms with Crippen LogP contribution in [0.25, 0.3) is 5.52 Å². The Bertz CT molecular complexity index is 975. The standard InChI is InChI=1S/C20H22N4O2/c1-4-10-21-20(26)18-23-17(16-7-5-6-11-24(16)18)19(25)22-15-9-8-13(2)12-14(15)3/h5-9,11-12H,4,10H2,1-3H3,(H,21,26)(H,22,25). The van der Waals surface area contributed by atoms with Crippen molar-refractivity contribution in [1.82, 2.24) is 14.7 Å². The smallest absolute Gasteiger partial charge is 0.287 e. The number of fused-ring (bicyclic) bond motifs is 1.